The molecule has 0 saturated heterocycles. The lowest BCUT2D eigenvalue weighted by molar-refractivity contribution is 0.0692. The first-order chi connectivity index (χ1) is 11.9. The van der Waals surface area contributed by atoms with Crippen LogP contribution in [0.3, 0.4) is 0 Å². The normalized spacial score (nSPS) is 10.6. The Morgan fingerprint density at radius 3 is 2.60 bits per heavy atom. The molecule has 0 saturated carbocycles. The molecular formula is C16H14BrN5O3. The molecule has 8 nitrogen and oxygen atoms in total. The average Bonchev–Trinajstić information content (AvgIpc) is 3.16. The summed E-state index contributed by atoms with van der Waals surface area (Å²) in [7, 11) is 1.51. The molecule has 2 N–H and O–H groups in total. The largest absolute Gasteiger partial charge is 0.478 e. The number of amides is 1. The van der Waals surface area contributed by atoms with Crippen LogP contribution < -0.4 is 5.32 Å². The number of aromatic carboxylic acids is 1. The molecule has 0 aliphatic heterocycles. The van der Waals surface area contributed by atoms with Crippen LogP contribution in [0.5, 0.6) is 0 Å². The number of hydrogen-bond acceptors (Lipinski definition) is 4. The van der Waals surface area contributed by atoms with E-state index in [9.17, 15) is 9.59 Å². The Labute approximate surface area is 151 Å². The Kier molecular flexibility index (Phi) is 4.66. The maximum atomic E-state index is 12.3. The first-order valence-corrected chi connectivity index (χ1v) is 8.07. The molecular weight excluding hydrogens is 390 g/mol. The van der Waals surface area contributed by atoms with E-state index in [2.05, 4.69) is 31.4 Å². The number of carbonyl (C=O) groups is 2. The van der Waals surface area contributed by atoms with E-state index in [1.54, 1.807) is 10.9 Å². The van der Waals surface area contributed by atoms with E-state index < -0.39 is 11.9 Å². The summed E-state index contributed by atoms with van der Waals surface area (Å²) >= 11 is 3.38. The molecule has 0 radical (unpaired) electrons. The van der Waals surface area contributed by atoms with Crippen molar-refractivity contribution in [3.8, 4) is 0 Å². The fraction of sp³-hybridized carbons (Fsp3) is 0.125. The molecule has 0 atom stereocenters. The highest BCUT2D eigenvalue weighted by atomic mass is 79.9. The number of nitrogens with one attached hydrogen (secondary N) is 1. The number of hydrogen-bond donors (Lipinski definition) is 2. The summed E-state index contributed by atoms with van der Waals surface area (Å²) in [5.41, 5.74) is 1.36. The van der Waals surface area contributed by atoms with Crippen LogP contribution in [0.2, 0.25) is 0 Å². The average molecular weight is 404 g/mol. The molecule has 3 aromatic rings. The van der Waals surface area contributed by atoms with Crippen molar-refractivity contribution >= 4 is 33.5 Å². The Morgan fingerprint density at radius 2 is 1.92 bits per heavy atom. The highest BCUT2D eigenvalue weighted by molar-refractivity contribution is 9.10. The predicted molar refractivity (Wildman–Crippen MR) is 93.6 cm³/mol. The molecule has 0 aliphatic rings. The zero-order chi connectivity index (χ0) is 18.0. The van der Waals surface area contributed by atoms with Gasteiger partial charge in [-0.2, -0.15) is 10.2 Å². The van der Waals surface area contributed by atoms with E-state index in [4.69, 9.17) is 5.11 Å². The number of benzene rings is 1. The van der Waals surface area contributed by atoms with Crippen LogP contribution >= 0.6 is 15.9 Å². The Balaban J connectivity index is 1.73. The molecule has 3 rings (SSSR count). The van der Waals surface area contributed by atoms with Gasteiger partial charge in [-0.25, -0.2) is 4.79 Å². The standard InChI is InChI=1S/C16H14BrN5O3/c1-21-14(13(7-18-21)16(24)25)15(23)20-12-6-19-22(9-12)8-10-2-4-11(17)5-3-10/h2-7,9H,8H2,1H3,(H,20,23)(H,24,25). The van der Waals surface area contributed by atoms with Crippen LogP contribution in [0.1, 0.15) is 26.4 Å². The van der Waals surface area contributed by atoms with Crippen molar-refractivity contribution in [2.45, 2.75) is 6.54 Å². The molecule has 0 spiro atoms. The quantitative estimate of drug-likeness (QED) is 0.680. The smallest absolute Gasteiger partial charge is 0.339 e. The Hall–Kier alpha value is -2.94. The zero-order valence-corrected chi connectivity index (χ0v) is 14.8. The van der Waals surface area contributed by atoms with Crippen molar-refractivity contribution in [1.29, 1.82) is 0 Å². The van der Waals surface area contributed by atoms with E-state index in [0.717, 1.165) is 16.2 Å². The van der Waals surface area contributed by atoms with Gasteiger partial charge in [0.05, 0.1) is 24.6 Å². The van der Waals surface area contributed by atoms with Crippen molar-refractivity contribution in [1.82, 2.24) is 19.6 Å². The molecule has 0 bridgehead atoms. The number of carboxylic acid groups (broad SMARTS) is 1. The number of halogens is 1. The minimum atomic E-state index is -1.20. The fourth-order valence-corrected chi connectivity index (χ4v) is 2.61. The second-order valence-corrected chi connectivity index (χ2v) is 6.26. The third-order valence-electron chi connectivity index (χ3n) is 3.53. The first-order valence-electron chi connectivity index (χ1n) is 7.27. The van der Waals surface area contributed by atoms with Crippen LogP contribution in [-0.2, 0) is 13.6 Å². The number of carboxylic acids is 1. The highest BCUT2D eigenvalue weighted by Gasteiger charge is 2.22. The number of anilines is 1. The van der Waals surface area contributed by atoms with Crippen molar-refractivity contribution in [3.05, 3.63) is 64.1 Å². The number of aromatic nitrogens is 4. The molecule has 0 aliphatic carbocycles. The summed E-state index contributed by atoms with van der Waals surface area (Å²) in [5.74, 6) is -1.76. The number of aryl methyl sites for hydroxylation is 1. The second kappa shape index (κ2) is 6.89. The third-order valence-corrected chi connectivity index (χ3v) is 4.06. The lowest BCUT2D eigenvalue weighted by Crippen LogP contribution is -2.19. The number of nitrogens with zero attached hydrogens (tertiary/aromatic N) is 4. The van der Waals surface area contributed by atoms with Gasteiger partial charge in [0.25, 0.3) is 5.91 Å². The summed E-state index contributed by atoms with van der Waals surface area (Å²) in [6, 6.07) is 7.83. The van der Waals surface area contributed by atoms with Gasteiger partial charge < -0.3 is 10.4 Å². The van der Waals surface area contributed by atoms with Gasteiger partial charge in [-0.05, 0) is 17.7 Å². The van der Waals surface area contributed by atoms with Crippen molar-refractivity contribution < 1.29 is 14.7 Å². The Morgan fingerprint density at radius 1 is 1.20 bits per heavy atom. The maximum Gasteiger partial charge on any atom is 0.339 e. The van der Waals surface area contributed by atoms with Gasteiger partial charge in [-0.15, -0.1) is 0 Å². The molecule has 0 fully saturated rings. The van der Waals surface area contributed by atoms with Crippen LogP contribution in [-0.4, -0.2) is 36.5 Å². The van der Waals surface area contributed by atoms with Crippen LogP contribution in [0, 0.1) is 0 Å². The maximum absolute atomic E-state index is 12.3. The van der Waals surface area contributed by atoms with Gasteiger partial charge in [0.15, 0.2) is 0 Å². The molecule has 25 heavy (non-hydrogen) atoms. The van der Waals surface area contributed by atoms with Crippen LogP contribution in [0.25, 0.3) is 0 Å². The topological polar surface area (TPSA) is 102 Å². The summed E-state index contributed by atoms with van der Waals surface area (Å²) in [6.07, 6.45) is 4.33. The summed E-state index contributed by atoms with van der Waals surface area (Å²) in [5, 5.41) is 19.8. The van der Waals surface area contributed by atoms with Gasteiger partial charge in [-0.1, -0.05) is 28.1 Å². The Bertz CT molecular complexity index is 930. The van der Waals surface area contributed by atoms with Crippen LogP contribution in [0.4, 0.5) is 5.69 Å². The van der Waals surface area contributed by atoms with Crippen molar-refractivity contribution in [2.24, 2.45) is 7.05 Å². The SMILES string of the molecule is Cn1ncc(C(=O)O)c1C(=O)Nc1cnn(Cc2ccc(Br)cc2)c1. The summed E-state index contributed by atoms with van der Waals surface area (Å²) in [4.78, 5) is 23.5. The first kappa shape index (κ1) is 16.9. The number of carbonyl (C=O) groups excluding carboxylic acids is 1. The molecule has 0 unspecified atom stereocenters. The van der Waals surface area contributed by atoms with E-state index >= 15 is 0 Å². The zero-order valence-electron chi connectivity index (χ0n) is 13.2. The fourth-order valence-electron chi connectivity index (χ4n) is 2.35. The number of rotatable bonds is 5. The molecule has 2 aromatic heterocycles. The van der Waals surface area contributed by atoms with E-state index in [0.29, 0.717) is 12.2 Å². The van der Waals surface area contributed by atoms with E-state index in [1.807, 2.05) is 24.3 Å². The molecule has 1 aromatic carbocycles. The van der Waals surface area contributed by atoms with Gasteiger partial charge in [0, 0.05) is 17.7 Å². The van der Waals surface area contributed by atoms with Crippen LogP contribution in [0.15, 0.2) is 47.3 Å². The van der Waals surface area contributed by atoms with E-state index in [1.165, 1.54) is 17.9 Å². The van der Waals surface area contributed by atoms with Gasteiger partial charge in [-0.3, -0.25) is 14.2 Å². The summed E-state index contributed by atoms with van der Waals surface area (Å²) < 4.78 is 3.90. The molecule has 2 heterocycles. The highest BCUT2D eigenvalue weighted by Crippen LogP contribution is 2.14. The third kappa shape index (κ3) is 3.77. The lowest BCUT2D eigenvalue weighted by Gasteiger charge is -2.04. The van der Waals surface area contributed by atoms with Gasteiger partial charge in [0.1, 0.15) is 11.3 Å². The molecule has 128 valence electrons. The molecule has 1 amide bonds. The lowest BCUT2D eigenvalue weighted by atomic mass is 10.2. The predicted octanol–water partition coefficient (Wildman–Crippen LogP) is 2.38. The van der Waals surface area contributed by atoms with Crippen molar-refractivity contribution in [3.63, 3.8) is 0 Å². The minimum absolute atomic E-state index is 0.0202. The van der Waals surface area contributed by atoms with Gasteiger partial charge >= 0.3 is 5.97 Å². The summed E-state index contributed by atoms with van der Waals surface area (Å²) in [6.45, 7) is 0.551. The van der Waals surface area contributed by atoms with Crippen molar-refractivity contribution in [2.75, 3.05) is 5.32 Å². The van der Waals surface area contributed by atoms with E-state index in [-0.39, 0.29) is 11.3 Å². The second-order valence-electron chi connectivity index (χ2n) is 5.34. The monoisotopic (exact) mass is 403 g/mol. The van der Waals surface area contributed by atoms with Gasteiger partial charge in [0.2, 0.25) is 0 Å². The minimum Gasteiger partial charge on any atom is -0.478 e. The molecule has 9 heteroatoms.